The molecule has 2 aliphatic rings. The highest BCUT2D eigenvalue weighted by atomic mass is 19.2. The normalized spacial score (nSPS) is 19.8. The van der Waals surface area contributed by atoms with Gasteiger partial charge in [-0.3, -0.25) is 10.2 Å². The molecule has 1 aliphatic carbocycles. The monoisotopic (exact) mass is 456 g/mol. The van der Waals surface area contributed by atoms with Crippen LogP contribution in [0.15, 0.2) is 36.2 Å². The van der Waals surface area contributed by atoms with Crippen molar-refractivity contribution in [3.8, 4) is 0 Å². The van der Waals surface area contributed by atoms with E-state index in [1.165, 1.54) is 18.1 Å². The number of carbonyl (C=O) groups excluding carboxylic acids is 1. The van der Waals surface area contributed by atoms with Gasteiger partial charge in [0, 0.05) is 43.2 Å². The van der Waals surface area contributed by atoms with Crippen molar-refractivity contribution in [1.29, 1.82) is 5.41 Å². The smallest absolute Gasteiger partial charge is 0.272 e. The maximum absolute atomic E-state index is 13.6. The predicted molar refractivity (Wildman–Crippen MR) is 120 cm³/mol. The highest BCUT2D eigenvalue weighted by Gasteiger charge is 2.35. The molecule has 33 heavy (non-hydrogen) atoms. The zero-order valence-corrected chi connectivity index (χ0v) is 18.5. The lowest BCUT2D eigenvalue weighted by atomic mass is 9.94. The number of aryl methyl sites for hydroxylation is 1. The lowest BCUT2D eigenvalue weighted by Crippen LogP contribution is -2.50. The molecule has 8 nitrogen and oxygen atoms in total. The van der Waals surface area contributed by atoms with Gasteiger partial charge >= 0.3 is 0 Å². The second-order valence-electron chi connectivity index (χ2n) is 8.33. The molecule has 3 N–H and O–H groups in total. The molecule has 1 aliphatic heterocycles. The van der Waals surface area contributed by atoms with Gasteiger partial charge in [0.25, 0.3) is 5.91 Å². The van der Waals surface area contributed by atoms with E-state index in [0.717, 1.165) is 30.5 Å². The second-order valence-corrected chi connectivity index (χ2v) is 8.33. The predicted octanol–water partition coefficient (Wildman–Crippen LogP) is 3.40. The number of aromatic nitrogens is 2. The Morgan fingerprint density at radius 2 is 2.09 bits per heavy atom. The van der Waals surface area contributed by atoms with Crippen molar-refractivity contribution in [2.45, 2.75) is 44.8 Å². The number of hydrogen-bond donors (Lipinski definition) is 3. The summed E-state index contributed by atoms with van der Waals surface area (Å²) in [7, 11) is 1.53. The molecule has 4 rings (SSSR count). The zero-order chi connectivity index (χ0) is 23.5. The fourth-order valence-corrected chi connectivity index (χ4v) is 3.64. The van der Waals surface area contributed by atoms with E-state index in [2.05, 4.69) is 20.6 Å². The number of methoxy groups -OCH3 is 1. The summed E-state index contributed by atoms with van der Waals surface area (Å²) < 4.78 is 32.2. The molecule has 174 valence electrons. The number of hydrogen-bond acceptors (Lipinski definition) is 7. The Labute approximate surface area is 190 Å². The molecule has 0 bridgehead atoms. The first kappa shape index (κ1) is 22.8. The fraction of sp³-hybridized carbons (Fsp3) is 0.391. The summed E-state index contributed by atoms with van der Waals surface area (Å²) in [6.45, 7) is 2.16. The molecule has 0 radical (unpaired) electrons. The van der Waals surface area contributed by atoms with E-state index in [1.54, 1.807) is 12.4 Å². The Morgan fingerprint density at radius 3 is 2.79 bits per heavy atom. The number of benzene rings is 1. The van der Waals surface area contributed by atoms with Gasteiger partial charge in [-0.15, -0.1) is 0 Å². The highest BCUT2D eigenvalue weighted by molar-refractivity contribution is 6.44. The van der Waals surface area contributed by atoms with Crippen LogP contribution in [-0.2, 0) is 16.1 Å². The first-order valence-electron chi connectivity index (χ1n) is 10.7. The maximum Gasteiger partial charge on any atom is 0.272 e. The summed E-state index contributed by atoms with van der Waals surface area (Å²) in [5.41, 5.74) is 1.61. The topological polar surface area (TPSA) is 103 Å². The van der Waals surface area contributed by atoms with Crippen molar-refractivity contribution in [3.05, 3.63) is 58.9 Å². The Bertz CT molecular complexity index is 1100. The van der Waals surface area contributed by atoms with Gasteiger partial charge in [-0.05, 0) is 43.9 Å². The molecule has 1 aromatic carbocycles. The lowest BCUT2D eigenvalue weighted by Gasteiger charge is -2.36. The molecule has 1 amide bonds. The summed E-state index contributed by atoms with van der Waals surface area (Å²) in [5.74, 6) is -1.30. The standard InChI is InChI=1S/C23H26F2N6O2/c1-13-9-28-23(29-16-4-5-16)30-21(13)27-10-15-8-17(12-33-2)31(22(32)20(15)26)11-14-3-6-18(24)19(25)7-14/h3,6-7,9-10,16-17,26H,4-5,8,11-12H2,1-2H3,(H2,27,28,29,30)/b15-10-,26-20?/t17-/m1/s1. The van der Waals surface area contributed by atoms with E-state index < -0.39 is 17.5 Å². The molecular formula is C23H26F2N6O2. The minimum Gasteiger partial charge on any atom is -0.383 e. The number of nitrogens with zero attached hydrogens (tertiary/aromatic N) is 3. The van der Waals surface area contributed by atoms with E-state index in [0.29, 0.717) is 35.4 Å². The van der Waals surface area contributed by atoms with E-state index in [1.807, 2.05) is 6.92 Å². The number of ether oxygens (including phenoxy) is 1. The molecule has 0 spiro atoms. The molecule has 2 aromatic rings. The van der Waals surface area contributed by atoms with Crippen LogP contribution in [0.25, 0.3) is 0 Å². The van der Waals surface area contributed by atoms with Crippen molar-refractivity contribution in [2.24, 2.45) is 0 Å². The van der Waals surface area contributed by atoms with Crippen LogP contribution in [-0.4, -0.2) is 52.3 Å². The average Bonchev–Trinajstić information content (AvgIpc) is 3.61. The van der Waals surface area contributed by atoms with E-state index in [-0.39, 0.29) is 24.9 Å². The molecule has 2 fully saturated rings. The number of rotatable bonds is 8. The van der Waals surface area contributed by atoms with Gasteiger partial charge in [0.05, 0.1) is 12.6 Å². The van der Waals surface area contributed by atoms with Crippen LogP contribution in [0.1, 0.15) is 30.4 Å². The van der Waals surface area contributed by atoms with Crippen LogP contribution in [0, 0.1) is 24.0 Å². The Hall–Kier alpha value is -3.40. The molecule has 2 heterocycles. The maximum atomic E-state index is 13.6. The van der Waals surface area contributed by atoms with Gasteiger partial charge in [-0.2, -0.15) is 4.98 Å². The fourth-order valence-electron chi connectivity index (χ4n) is 3.64. The van der Waals surface area contributed by atoms with Gasteiger partial charge in [-0.1, -0.05) is 6.07 Å². The number of amides is 1. The van der Waals surface area contributed by atoms with Crippen molar-refractivity contribution >= 4 is 23.4 Å². The SMILES string of the molecule is COC[C@H]1C/C(=C/Nc2nc(NC3CC3)ncc2C)C(=N)C(=O)N1Cc1ccc(F)c(F)c1. The third kappa shape index (κ3) is 5.33. The van der Waals surface area contributed by atoms with Crippen molar-refractivity contribution in [2.75, 3.05) is 24.4 Å². The number of likely N-dealkylation sites (tertiary alicyclic amines) is 1. The average molecular weight is 456 g/mol. The van der Waals surface area contributed by atoms with Gasteiger partial charge in [0.15, 0.2) is 11.6 Å². The summed E-state index contributed by atoms with van der Waals surface area (Å²) >= 11 is 0. The summed E-state index contributed by atoms with van der Waals surface area (Å²) in [4.78, 5) is 23.2. The Morgan fingerprint density at radius 1 is 1.30 bits per heavy atom. The van der Waals surface area contributed by atoms with Crippen LogP contribution >= 0.6 is 0 Å². The van der Waals surface area contributed by atoms with Crippen LogP contribution in [0.4, 0.5) is 20.5 Å². The molecule has 1 saturated carbocycles. The molecule has 0 unspecified atom stereocenters. The van der Waals surface area contributed by atoms with Crippen LogP contribution in [0.5, 0.6) is 0 Å². The lowest BCUT2D eigenvalue weighted by molar-refractivity contribution is -0.129. The highest BCUT2D eigenvalue weighted by Crippen LogP contribution is 2.26. The Balaban J connectivity index is 1.51. The van der Waals surface area contributed by atoms with E-state index in [4.69, 9.17) is 10.1 Å². The number of piperidine rings is 1. The summed E-state index contributed by atoms with van der Waals surface area (Å²) in [6.07, 6.45) is 5.91. The number of nitrogens with one attached hydrogen (secondary N) is 3. The molecule has 1 atom stereocenters. The molecular weight excluding hydrogens is 430 g/mol. The third-order valence-corrected chi connectivity index (χ3v) is 5.65. The van der Waals surface area contributed by atoms with E-state index in [9.17, 15) is 13.6 Å². The van der Waals surface area contributed by atoms with Gasteiger partial charge < -0.3 is 20.3 Å². The van der Waals surface area contributed by atoms with Gasteiger partial charge in [0.2, 0.25) is 5.95 Å². The van der Waals surface area contributed by atoms with Crippen molar-refractivity contribution in [3.63, 3.8) is 0 Å². The first-order chi connectivity index (χ1) is 15.9. The third-order valence-electron chi connectivity index (χ3n) is 5.65. The number of carbonyl (C=O) groups is 1. The van der Waals surface area contributed by atoms with Gasteiger partial charge in [-0.25, -0.2) is 13.8 Å². The minimum absolute atomic E-state index is 0.0500. The summed E-state index contributed by atoms with van der Waals surface area (Å²) in [5, 5.41) is 14.7. The van der Waals surface area contributed by atoms with Crippen molar-refractivity contribution in [1.82, 2.24) is 14.9 Å². The van der Waals surface area contributed by atoms with Crippen molar-refractivity contribution < 1.29 is 18.3 Å². The van der Waals surface area contributed by atoms with Gasteiger partial charge in [0.1, 0.15) is 11.5 Å². The van der Waals surface area contributed by atoms with Crippen LogP contribution < -0.4 is 10.6 Å². The molecule has 1 aromatic heterocycles. The number of anilines is 2. The van der Waals surface area contributed by atoms with Crippen LogP contribution in [0.2, 0.25) is 0 Å². The minimum atomic E-state index is -0.976. The Kier molecular flexibility index (Phi) is 6.64. The molecule has 10 heteroatoms. The first-order valence-corrected chi connectivity index (χ1v) is 10.7. The molecule has 1 saturated heterocycles. The zero-order valence-electron chi connectivity index (χ0n) is 18.5. The quantitative estimate of drug-likeness (QED) is 0.563. The second kappa shape index (κ2) is 9.62. The summed E-state index contributed by atoms with van der Waals surface area (Å²) in [6, 6.07) is 3.57. The van der Waals surface area contributed by atoms with Crippen LogP contribution in [0.3, 0.4) is 0 Å². The van der Waals surface area contributed by atoms with E-state index >= 15 is 0 Å². The number of halogens is 2. The largest absolute Gasteiger partial charge is 0.383 e.